The van der Waals surface area contributed by atoms with Crippen LogP contribution in [0.5, 0.6) is 0 Å². The Labute approximate surface area is 360 Å². The third-order valence-corrected chi connectivity index (χ3v) is 11.5. The van der Waals surface area contributed by atoms with Crippen LogP contribution >= 0.6 is 0 Å². The van der Waals surface area contributed by atoms with Gasteiger partial charge in [0.25, 0.3) is 0 Å². The topological polar surface area (TPSA) is 78.9 Å². The monoisotopic (exact) mass is 819 g/mol. The Hall–Kier alpha value is -1.85. The summed E-state index contributed by atoms with van der Waals surface area (Å²) in [5, 5.41) is 0. The molecule has 0 aromatic heterocycles. The molecule has 6 nitrogen and oxygen atoms in total. The van der Waals surface area contributed by atoms with Crippen LogP contribution in [0.2, 0.25) is 0 Å². The zero-order valence-corrected chi connectivity index (χ0v) is 39.1. The maximum absolute atomic E-state index is 12.8. The van der Waals surface area contributed by atoms with E-state index in [1.807, 2.05) is 0 Å². The molecule has 1 unspecified atom stereocenters. The van der Waals surface area contributed by atoms with Gasteiger partial charge in [0, 0.05) is 19.3 Å². The molecule has 0 aliphatic carbocycles. The summed E-state index contributed by atoms with van der Waals surface area (Å²) in [5.74, 6) is -0.863. The van der Waals surface area contributed by atoms with E-state index in [0.717, 1.165) is 64.2 Å². The van der Waals surface area contributed by atoms with Gasteiger partial charge in [-0.3, -0.25) is 14.4 Å². The highest BCUT2D eigenvalue weighted by Gasteiger charge is 2.19. The Morgan fingerprint density at radius 1 is 0.328 bits per heavy atom. The first-order valence-electron chi connectivity index (χ1n) is 25.7. The Morgan fingerprint density at radius 2 is 0.569 bits per heavy atom. The molecule has 0 aliphatic rings. The summed E-state index contributed by atoms with van der Waals surface area (Å²) in [5.41, 5.74) is 0. The largest absolute Gasteiger partial charge is 0.462 e. The van der Waals surface area contributed by atoms with Gasteiger partial charge in [0.2, 0.25) is 0 Å². The van der Waals surface area contributed by atoms with E-state index in [1.54, 1.807) is 0 Å². The highest BCUT2D eigenvalue weighted by atomic mass is 16.6. The van der Waals surface area contributed by atoms with Gasteiger partial charge in [-0.1, -0.05) is 232 Å². The van der Waals surface area contributed by atoms with Crippen LogP contribution in [0, 0.1) is 0 Å². The number of ether oxygens (including phenoxy) is 3. The molecule has 1 atom stereocenters. The lowest BCUT2D eigenvalue weighted by Crippen LogP contribution is -2.30. The van der Waals surface area contributed by atoms with Crippen LogP contribution < -0.4 is 0 Å². The van der Waals surface area contributed by atoms with E-state index in [1.165, 1.54) is 180 Å². The lowest BCUT2D eigenvalue weighted by molar-refractivity contribution is -0.167. The smallest absolute Gasteiger partial charge is 0.306 e. The molecule has 0 N–H and O–H groups in total. The maximum atomic E-state index is 12.8. The van der Waals surface area contributed by atoms with Crippen molar-refractivity contribution in [3.05, 3.63) is 12.2 Å². The van der Waals surface area contributed by atoms with E-state index < -0.39 is 6.10 Å². The highest BCUT2D eigenvalue weighted by molar-refractivity contribution is 5.71. The first kappa shape index (κ1) is 56.1. The van der Waals surface area contributed by atoms with Gasteiger partial charge in [-0.15, -0.1) is 0 Å². The van der Waals surface area contributed by atoms with Crippen molar-refractivity contribution in [2.75, 3.05) is 13.2 Å². The van der Waals surface area contributed by atoms with Crippen LogP contribution in [-0.4, -0.2) is 37.2 Å². The SMILES string of the molecule is CCCCCCC/C=C\CCCCCCCC(=O)OC(COC(=O)CCCCCCCCCCCC)COC(=O)CCCCCCCCCCCCCCCCCC. The van der Waals surface area contributed by atoms with Crippen LogP contribution in [0.1, 0.15) is 284 Å². The molecule has 0 fully saturated rings. The molecule has 0 amide bonds. The molecule has 0 spiro atoms. The molecule has 0 aromatic rings. The second-order valence-electron chi connectivity index (χ2n) is 17.4. The minimum absolute atomic E-state index is 0.0682. The third-order valence-electron chi connectivity index (χ3n) is 11.5. The van der Waals surface area contributed by atoms with Crippen LogP contribution in [-0.2, 0) is 28.6 Å². The van der Waals surface area contributed by atoms with Gasteiger partial charge in [-0.2, -0.15) is 0 Å². The molecule has 342 valence electrons. The Kier molecular flexibility index (Phi) is 46.3. The number of carbonyl (C=O) groups is 3. The average Bonchev–Trinajstić information content (AvgIpc) is 3.22. The Balaban J connectivity index is 4.30. The molecule has 0 radical (unpaired) electrons. The van der Waals surface area contributed by atoms with E-state index in [9.17, 15) is 14.4 Å². The molecule has 0 bridgehead atoms. The molecule has 58 heavy (non-hydrogen) atoms. The molecular formula is C52H98O6. The molecule has 0 heterocycles. The number of allylic oxidation sites excluding steroid dienone is 2. The zero-order valence-electron chi connectivity index (χ0n) is 39.1. The molecule has 6 heteroatoms. The van der Waals surface area contributed by atoms with Gasteiger partial charge < -0.3 is 14.2 Å². The van der Waals surface area contributed by atoms with Gasteiger partial charge in [-0.25, -0.2) is 0 Å². The standard InChI is InChI=1S/C52H98O6/c1-4-7-10-13-16-19-22-24-26-27-29-30-33-36-39-42-45-51(54)57-48-49(47-56-50(53)44-41-38-35-32-21-18-15-12-9-6-3)58-52(55)46-43-40-37-34-31-28-25-23-20-17-14-11-8-5-2/h23,25,49H,4-22,24,26-48H2,1-3H3/b25-23-. The third kappa shape index (κ3) is 45.2. The van der Waals surface area contributed by atoms with E-state index >= 15 is 0 Å². The first-order chi connectivity index (χ1) is 28.5. The fraction of sp³-hybridized carbons (Fsp3) is 0.904. The average molecular weight is 819 g/mol. The van der Waals surface area contributed by atoms with Crippen LogP contribution in [0.4, 0.5) is 0 Å². The fourth-order valence-corrected chi connectivity index (χ4v) is 7.61. The van der Waals surface area contributed by atoms with Crippen molar-refractivity contribution < 1.29 is 28.6 Å². The van der Waals surface area contributed by atoms with Gasteiger partial charge >= 0.3 is 17.9 Å². The van der Waals surface area contributed by atoms with Crippen molar-refractivity contribution >= 4 is 17.9 Å². The van der Waals surface area contributed by atoms with Crippen molar-refractivity contribution in [1.82, 2.24) is 0 Å². The van der Waals surface area contributed by atoms with Crippen molar-refractivity contribution in [1.29, 1.82) is 0 Å². The Bertz CT molecular complexity index is 900. The number of hydrogen-bond acceptors (Lipinski definition) is 6. The van der Waals surface area contributed by atoms with Crippen molar-refractivity contribution in [2.45, 2.75) is 290 Å². The van der Waals surface area contributed by atoms with Crippen LogP contribution in [0.25, 0.3) is 0 Å². The summed E-state index contributed by atoms with van der Waals surface area (Å²) in [6.45, 7) is 6.64. The zero-order chi connectivity index (χ0) is 42.3. The van der Waals surface area contributed by atoms with Gasteiger partial charge in [0.1, 0.15) is 13.2 Å². The second-order valence-corrected chi connectivity index (χ2v) is 17.4. The Morgan fingerprint density at radius 3 is 0.862 bits per heavy atom. The lowest BCUT2D eigenvalue weighted by Gasteiger charge is -2.18. The van der Waals surface area contributed by atoms with Crippen molar-refractivity contribution in [3.63, 3.8) is 0 Å². The van der Waals surface area contributed by atoms with Gasteiger partial charge in [-0.05, 0) is 44.9 Å². The minimum atomic E-state index is -0.766. The van der Waals surface area contributed by atoms with E-state index in [2.05, 4.69) is 32.9 Å². The van der Waals surface area contributed by atoms with Crippen molar-refractivity contribution in [3.8, 4) is 0 Å². The molecule has 0 saturated heterocycles. The first-order valence-corrected chi connectivity index (χ1v) is 25.7. The summed E-state index contributed by atoms with van der Waals surface area (Å²) >= 11 is 0. The number of unbranched alkanes of at least 4 members (excludes halogenated alkanes) is 34. The van der Waals surface area contributed by atoms with Crippen molar-refractivity contribution in [2.24, 2.45) is 0 Å². The van der Waals surface area contributed by atoms with E-state index in [0.29, 0.717) is 19.3 Å². The van der Waals surface area contributed by atoms with Crippen LogP contribution in [0.3, 0.4) is 0 Å². The summed E-state index contributed by atoms with van der Waals surface area (Å²) in [7, 11) is 0. The number of carbonyl (C=O) groups excluding carboxylic acids is 3. The number of rotatable bonds is 47. The van der Waals surface area contributed by atoms with E-state index in [4.69, 9.17) is 14.2 Å². The summed E-state index contributed by atoms with van der Waals surface area (Å²) < 4.78 is 16.8. The normalized spacial score (nSPS) is 12.0. The number of hydrogen-bond donors (Lipinski definition) is 0. The minimum Gasteiger partial charge on any atom is -0.462 e. The maximum Gasteiger partial charge on any atom is 0.306 e. The van der Waals surface area contributed by atoms with Crippen LogP contribution in [0.15, 0.2) is 12.2 Å². The van der Waals surface area contributed by atoms with Gasteiger partial charge in [0.15, 0.2) is 6.10 Å². The molecular weight excluding hydrogens is 721 g/mol. The molecule has 0 saturated carbocycles. The van der Waals surface area contributed by atoms with Gasteiger partial charge in [0.05, 0.1) is 0 Å². The second kappa shape index (κ2) is 47.8. The molecule has 0 aromatic carbocycles. The van der Waals surface area contributed by atoms with E-state index in [-0.39, 0.29) is 31.1 Å². The summed E-state index contributed by atoms with van der Waals surface area (Å²) in [6, 6.07) is 0. The fourth-order valence-electron chi connectivity index (χ4n) is 7.61. The quantitative estimate of drug-likeness (QED) is 0.0263. The predicted octanol–water partition coefficient (Wildman–Crippen LogP) is 16.6. The lowest BCUT2D eigenvalue weighted by atomic mass is 10.0. The summed E-state index contributed by atoms with van der Waals surface area (Å²) in [4.78, 5) is 37.9. The summed E-state index contributed by atoms with van der Waals surface area (Å²) in [6.07, 6.45) is 51.9. The number of esters is 3. The molecule has 0 aliphatic heterocycles. The predicted molar refractivity (Wildman–Crippen MR) is 247 cm³/mol. The molecule has 0 rings (SSSR count). The highest BCUT2D eigenvalue weighted by Crippen LogP contribution is 2.16.